The highest BCUT2D eigenvalue weighted by Crippen LogP contribution is 2.02. The Morgan fingerprint density at radius 3 is 2.69 bits per heavy atom. The summed E-state index contributed by atoms with van der Waals surface area (Å²) in [5, 5.41) is 11.0. The Morgan fingerprint density at radius 2 is 2.15 bits per heavy atom. The van der Waals surface area contributed by atoms with Gasteiger partial charge in [-0.3, -0.25) is 4.79 Å². The fraction of sp³-hybridized carbons (Fsp3) is 0.800. The lowest BCUT2D eigenvalue weighted by Gasteiger charge is -2.05. The van der Waals surface area contributed by atoms with Crippen LogP contribution < -0.4 is 5.32 Å². The van der Waals surface area contributed by atoms with Crippen molar-refractivity contribution in [3.8, 4) is 6.07 Å². The van der Waals surface area contributed by atoms with Crippen molar-refractivity contribution in [1.82, 2.24) is 5.32 Å². The van der Waals surface area contributed by atoms with Gasteiger partial charge in [-0.15, -0.1) is 0 Å². The Kier molecular flexibility index (Phi) is 6.99. The third-order valence-corrected chi connectivity index (χ3v) is 1.83. The van der Waals surface area contributed by atoms with Gasteiger partial charge in [-0.2, -0.15) is 5.26 Å². The second-order valence-electron chi connectivity index (χ2n) is 3.23. The van der Waals surface area contributed by atoms with Crippen molar-refractivity contribution in [1.29, 1.82) is 5.26 Å². The zero-order valence-corrected chi connectivity index (χ0v) is 8.47. The number of nitriles is 1. The maximum atomic E-state index is 11.1. The lowest BCUT2D eigenvalue weighted by atomic mass is 10.1. The predicted octanol–water partition coefficient (Wildman–Crippen LogP) is 1.99. The van der Waals surface area contributed by atoms with Crippen LogP contribution in [-0.4, -0.2) is 11.9 Å². The van der Waals surface area contributed by atoms with Crippen molar-refractivity contribution < 1.29 is 4.79 Å². The van der Waals surface area contributed by atoms with E-state index in [4.69, 9.17) is 5.26 Å². The van der Waals surface area contributed by atoms with E-state index < -0.39 is 0 Å². The first kappa shape index (κ1) is 12.0. The molecular weight excluding hydrogens is 164 g/mol. The number of amides is 1. The van der Waals surface area contributed by atoms with E-state index in [1.54, 1.807) is 6.92 Å². The molecule has 74 valence electrons. The standard InChI is InChI=1S/C10H18N2O/c1-3-4-5-6-7-10(13)12-9(2)8-11/h9H,3-7H2,1-2H3,(H,12,13). The summed E-state index contributed by atoms with van der Waals surface area (Å²) in [6, 6.07) is 1.60. The molecule has 0 aromatic heterocycles. The van der Waals surface area contributed by atoms with Crippen LogP contribution in [0.5, 0.6) is 0 Å². The van der Waals surface area contributed by atoms with Gasteiger partial charge in [0.15, 0.2) is 0 Å². The number of nitrogens with zero attached hydrogens (tertiary/aromatic N) is 1. The zero-order chi connectivity index (χ0) is 10.1. The first-order chi connectivity index (χ1) is 6.20. The molecule has 0 aliphatic rings. The number of unbranched alkanes of at least 4 members (excludes halogenated alkanes) is 3. The molecule has 0 bridgehead atoms. The fourth-order valence-corrected chi connectivity index (χ4v) is 1.06. The summed E-state index contributed by atoms with van der Waals surface area (Å²) in [5.41, 5.74) is 0. The quantitative estimate of drug-likeness (QED) is 0.638. The lowest BCUT2D eigenvalue weighted by molar-refractivity contribution is -0.121. The molecule has 13 heavy (non-hydrogen) atoms. The summed E-state index contributed by atoms with van der Waals surface area (Å²) in [7, 11) is 0. The second-order valence-corrected chi connectivity index (χ2v) is 3.23. The van der Waals surface area contributed by atoms with Crippen LogP contribution >= 0.6 is 0 Å². The maximum absolute atomic E-state index is 11.1. The van der Waals surface area contributed by atoms with E-state index in [-0.39, 0.29) is 11.9 Å². The summed E-state index contributed by atoms with van der Waals surface area (Å²) in [5.74, 6) is -0.00912. The highest BCUT2D eigenvalue weighted by molar-refractivity contribution is 5.76. The first-order valence-corrected chi connectivity index (χ1v) is 4.89. The molecule has 0 aromatic carbocycles. The summed E-state index contributed by atoms with van der Waals surface area (Å²) < 4.78 is 0. The Labute approximate surface area is 80.1 Å². The molecule has 1 atom stereocenters. The smallest absolute Gasteiger partial charge is 0.221 e. The van der Waals surface area contributed by atoms with Gasteiger partial charge in [0, 0.05) is 6.42 Å². The van der Waals surface area contributed by atoms with Gasteiger partial charge in [0.05, 0.1) is 6.07 Å². The molecule has 0 fully saturated rings. The number of carbonyl (C=O) groups excluding carboxylic acids is 1. The number of rotatable bonds is 6. The van der Waals surface area contributed by atoms with Gasteiger partial charge >= 0.3 is 0 Å². The van der Waals surface area contributed by atoms with Crippen LogP contribution in [0.15, 0.2) is 0 Å². The highest BCUT2D eigenvalue weighted by atomic mass is 16.1. The third-order valence-electron chi connectivity index (χ3n) is 1.83. The van der Waals surface area contributed by atoms with E-state index in [1.165, 1.54) is 12.8 Å². The van der Waals surface area contributed by atoms with E-state index >= 15 is 0 Å². The van der Waals surface area contributed by atoms with Gasteiger partial charge in [-0.1, -0.05) is 26.2 Å². The van der Waals surface area contributed by atoms with Crippen molar-refractivity contribution >= 4 is 5.91 Å². The molecule has 3 heteroatoms. The van der Waals surface area contributed by atoms with Crippen LogP contribution in [0, 0.1) is 11.3 Å². The van der Waals surface area contributed by atoms with Crippen molar-refractivity contribution in [2.45, 2.75) is 52.0 Å². The van der Waals surface area contributed by atoms with Gasteiger partial charge in [-0.25, -0.2) is 0 Å². The molecule has 1 N–H and O–H groups in total. The summed E-state index contributed by atoms with van der Waals surface area (Å²) in [6.07, 6.45) is 4.94. The summed E-state index contributed by atoms with van der Waals surface area (Å²) >= 11 is 0. The molecule has 0 saturated carbocycles. The van der Waals surface area contributed by atoms with Gasteiger partial charge < -0.3 is 5.32 Å². The van der Waals surface area contributed by atoms with Gasteiger partial charge in [-0.05, 0) is 13.3 Å². The molecule has 3 nitrogen and oxygen atoms in total. The third kappa shape index (κ3) is 7.32. The van der Waals surface area contributed by atoms with Gasteiger partial charge in [0.2, 0.25) is 5.91 Å². The Morgan fingerprint density at radius 1 is 1.46 bits per heavy atom. The Balaban J connectivity index is 3.36. The van der Waals surface area contributed by atoms with Crippen molar-refractivity contribution in [2.24, 2.45) is 0 Å². The number of hydrogen-bond acceptors (Lipinski definition) is 2. The molecule has 1 amide bonds. The Bertz CT molecular complexity index is 184. The highest BCUT2D eigenvalue weighted by Gasteiger charge is 2.04. The van der Waals surface area contributed by atoms with Gasteiger partial charge in [0.25, 0.3) is 0 Å². The van der Waals surface area contributed by atoms with Crippen molar-refractivity contribution in [3.05, 3.63) is 0 Å². The molecule has 1 unspecified atom stereocenters. The maximum Gasteiger partial charge on any atom is 0.221 e. The van der Waals surface area contributed by atoms with Crippen LogP contribution in [0.4, 0.5) is 0 Å². The molecule has 0 rings (SSSR count). The molecule has 0 aliphatic heterocycles. The molecule has 0 saturated heterocycles. The minimum Gasteiger partial charge on any atom is -0.341 e. The van der Waals surface area contributed by atoms with E-state index in [1.807, 2.05) is 6.07 Å². The summed E-state index contributed by atoms with van der Waals surface area (Å²) in [4.78, 5) is 11.1. The summed E-state index contributed by atoms with van der Waals surface area (Å²) in [6.45, 7) is 3.82. The van der Waals surface area contributed by atoms with Gasteiger partial charge in [0.1, 0.15) is 6.04 Å². The van der Waals surface area contributed by atoms with Crippen molar-refractivity contribution in [2.75, 3.05) is 0 Å². The number of hydrogen-bond donors (Lipinski definition) is 1. The van der Waals surface area contributed by atoms with Crippen LogP contribution in [0.3, 0.4) is 0 Å². The molecule has 0 heterocycles. The zero-order valence-electron chi connectivity index (χ0n) is 8.47. The molecule has 0 aliphatic carbocycles. The van der Waals surface area contributed by atoms with Crippen LogP contribution in [-0.2, 0) is 4.79 Å². The average molecular weight is 182 g/mol. The van der Waals surface area contributed by atoms with E-state index in [9.17, 15) is 4.79 Å². The van der Waals surface area contributed by atoms with Crippen LogP contribution in [0.25, 0.3) is 0 Å². The fourth-order valence-electron chi connectivity index (χ4n) is 1.06. The molecule has 0 radical (unpaired) electrons. The average Bonchev–Trinajstić information content (AvgIpc) is 2.12. The Hall–Kier alpha value is -1.04. The van der Waals surface area contributed by atoms with Crippen LogP contribution in [0.1, 0.15) is 46.0 Å². The lowest BCUT2D eigenvalue weighted by Crippen LogP contribution is -2.30. The minimum absolute atomic E-state index is 0.00912. The predicted molar refractivity (Wildman–Crippen MR) is 52.0 cm³/mol. The van der Waals surface area contributed by atoms with Crippen LogP contribution in [0.2, 0.25) is 0 Å². The van der Waals surface area contributed by atoms with E-state index in [0.29, 0.717) is 6.42 Å². The van der Waals surface area contributed by atoms with E-state index in [2.05, 4.69) is 12.2 Å². The monoisotopic (exact) mass is 182 g/mol. The minimum atomic E-state index is -0.362. The second kappa shape index (κ2) is 7.60. The number of nitrogens with one attached hydrogen (secondary N) is 1. The SMILES string of the molecule is CCCCCCC(=O)NC(C)C#N. The topological polar surface area (TPSA) is 52.9 Å². The molecule has 0 aromatic rings. The normalized spacial score (nSPS) is 11.8. The molecular formula is C10H18N2O. The largest absolute Gasteiger partial charge is 0.341 e. The van der Waals surface area contributed by atoms with Crippen molar-refractivity contribution in [3.63, 3.8) is 0 Å². The number of carbonyl (C=O) groups is 1. The molecule has 0 spiro atoms. The first-order valence-electron chi connectivity index (χ1n) is 4.89. The van der Waals surface area contributed by atoms with E-state index in [0.717, 1.165) is 12.8 Å².